The number of benzene rings is 2. The van der Waals surface area contributed by atoms with Gasteiger partial charge in [0, 0.05) is 24.3 Å². The van der Waals surface area contributed by atoms with E-state index >= 15 is 0 Å². The molecule has 0 aromatic heterocycles. The summed E-state index contributed by atoms with van der Waals surface area (Å²) in [6, 6.07) is 11.4. The summed E-state index contributed by atoms with van der Waals surface area (Å²) in [5.74, 6) is -0.509. The minimum Gasteiger partial charge on any atom is -0.373 e. The third-order valence-corrected chi connectivity index (χ3v) is 8.07. The Morgan fingerprint density at radius 2 is 1.58 bits per heavy atom. The standard InChI is InChI=1S/C20H25N3O6S2/c1-14-12-23(13-15(2)29-14)31(27,28)19-6-4-5-16(11-19)20(24)22-17-7-9-18(10-8-17)30(25,26)21-3/h4-11,14-15,21H,12-13H2,1-3H3,(H,22,24)/t14-,15-/m1/s1. The zero-order valence-corrected chi connectivity index (χ0v) is 19.0. The van der Waals surface area contributed by atoms with Crippen molar-refractivity contribution in [3.8, 4) is 0 Å². The molecule has 0 unspecified atom stereocenters. The molecule has 1 heterocycles. The van der Waals surface area contributed by atoms with Crippen LogP contribution in [0.25, 0.3) is 0 Å². The summed E-state index contributed by atoms with van der Waals surface area (Å²) in [6.45, 7) is 4.11. The van der Waals surface area contributed by atoms with Gasteiger partial charge >= 0.3 is 0 Å². The lowest BCUT2D eigenvalue weighted by Gasteiger charge is -2.34. The van der Waals surface area contributed by atoms with Crippen molar-refractivity contribution in [2.24, 2.45) is 0 Å². The van der Waals surface area contributed by atoms with Crippen molar-refractivity contribution in [3.05, 3.63) is 54.1 Å². The highest BCUT2D eigenvalue weighted by Gasteiger charge is 2.32. The average molecular weight is 468 g/mol. The molecule has 0 saturated carbocycles. The molecule has 0 aliphatic carbocycles. The number of ether oxygens (including phenoxy) is 1. The van der Waals surface area contributed by atoms with Crippen LogP contribution in [-0.2, 0) is 24.8 Å². The summed E-state index contributed by atoms with van der Waals surface area (Å²) in [5.41, 5.74) is 0.548. The molecule has 0 spiro atoms. The van der Waals surface area contributed by atoms with Gasteiger partial charge in [-0.15, -0.1) is 0 Å². The number of sulfonamides is 2. The number of amides is 1. The summed E-state index contributed by atoms with van der Waals surface area (Å²) >= 11 is 0. The summed E-state index contributed by atoms with van der Waals surface area (Å²) in [7, 11) is -6.05. The molecular formula is C20H25N3O6S2. The largest absolute Gasteiger partial charge is 0.373 e. The first kappa shape index (κ1) is 23.4. The van der Waals surface area contributed by atoms with Crippen LogP contribution < -0.4 is 10.0 Å². The van der Waals surface area contributed by atoms with E-state index in [0.29, 0.717) is 5.69 Å². The molecule has 1 aliphatic rings. The van der Waals surface area contributed by atoms with Crippen LogP contribution in [-0.4, -0.2) is 59.4 Å². The minimum absolute atomic E-state index is 0.0249. The van der Waals surface area contributed by atoms with E-state index in [1.54, 1.807) is 0 Å². The monoisotopic (exact) mass is 467 g/mol. The first-order chi connectivity index (χ1) is 14.5. The quantitative estimate of drug-likeness (QED) is 0.666. The first-order valence-electron chi connectivity index (χ1n) is 9.63. The number of hydrogen-bond donors (Lipinski definition) is 2. The summed E-state index contributed by atoms with van der Waals surface area (Å²) in [4.78, 5) is 12.7. The number of nitrogens with one attached hydrogen (secondary N) is 2. The van der Waals surface area contributed by atoms with Crippen molar-refractivity contribution in [1.29, 1.82) is 0 Å². The Labute approximate surface area is 182 Å². The normalized spacial score (nSPS) is 20.4. The maximum Gasteiger partial charge on any atom is 0.255 e. The maximum absolute atomic E-state index is 13.0. The van der Waals surface area contributed by atoms with Gasteiger partial charge in [0.25, 0.3) is 5.91 Å². The van der Waals surface area contributed by atoms with Gasteiger partial charge in [0.2, 0.25) is 20.0 Å². The SMILES string of the molecule is CNS(=O)(=O)c1ccc(NC(=O)c2cccc(S(=O)(=O)N3C[C@@H](C)O[C@H](C)C3)c2)cc1. The Morgan fingerprint density at radius 3 is 2.16 bits per heavy atom. The second kappa shape index (κ2) is 9.05. The molecule has 2 atom stereocenters. The lowest BCUT2D eigenvalue weighted by atomic mass is 10.2. The van der Waals surface area contributed by atoms with E-state index in [4.69, 9.17) is 4.74 Å². The molecule has 1 aliphatic heterocycles. The number of nitrogens with zero attached hydrogens (tertiary/aromatic N) is 1. The average Bonchev–Trinajstić information content (AvgIpc) is 2.73. The van der Waals surface area contributed by atoms with E-state index in [2.05, 4.69) is 10.0 Å². The van der Waals surface area contributed by atoms with Gasteiger partial charge in [-0.3, -0.25) is 4.79 Å². The molecule has 1 fully saturated rings. The van der Waals surface area contributed by atoms with E-state index in [0.717, 1.165) is 0 Å². The highest BCUT2D eigenvalue weighted by Crippen LogP contribution is 2.22. The Bertz CT molecular complexity index is 1150. The number of morpholine rings is 1. The number of carbonyl (C=O) groups excluding carboxylic acids is 1. The molecule has 0 bridgehead atoms. The van der Waals surface area contributed by atoms with E-state index in [1.165, 1.54) is 59.9 Å². The van der Waals surface area contributed by atoms with Crippen LogP contribution in [0.3, 0.4) is 0 Å². The zero-order chi connectivity index (χ0) is 22.8. The summed E-state index contributed by atoms with van der Waals surface area (Å²) in [6.07, 6.45) is -0.445. The minimum atomic E-state index is -3.78. The van der Waals surface area contributed by atoms with Crippen LogP contribution in [0.2, 0.25) is 0 Å². The van der Waals surface area contributed by atoms with Crippen molar-refractivity contribution < 1.29 is 26.4 Å². The molecule has 2 aromatic carbocycles. The summed E-state index contributed by atoms with van der Waals surface area (Å²) in [5, 5.41) is 2.64. The van der Waals surface area contributed by atoms with Gasteiger partial charge in [-0.1, -0.05) is 6.07 Å². The fourth-order valence-electron chi connectivity index (χ4n) is 3.31. The van der Waals surface area contributed by atoms with Crippen LogP contribution in [0.5, 0.6) is 0 Å². The van der Waals surface area contributed by atoms with Gasteiger partial charge in [-0.05, 0) is 63.4 Å². The molecule has 1 saturated heterocycles. The Kier molecular flexibility index (Phi) is 6.82. The molecular weight excluding hydrogens is 442 g/mol. The molecule has 0 radical (unpaired) electrons. The highest BCUT2D eigenvalue weighted by molar-refractivity contribution is 7.89. The van der Waals surface area contributed by atoms with Gasteiger partial charge in [-0.2, -0.15) is 4.31 Å². The van der Waals surface area contributed by atoms with E-state index in [1.807, 2.05) is 13.8 Å². The number of rotatable bonds is 6. The molecule has 9 nitrogen and oxygen atoms in total. The van der Waals surface area contributed by atoms with Gasteiger partial charge in [0.05, 0.1) is 22.0 Å². The van der Waals surface area contributed by atoms with Crippen molar-refractivity contribution in [3.63, 3.8) is 0 Å². The Morgan fingerprint density at radius 1 is 0.968 bits per heavy atom. The lowest BCUT2D eigenvalue weighted by Crippen LogP contribution is -2.48. The zero-order valence-electron chi connectivity index (χ0n) is 17.4. The fraction of sp³-hybridized carbons (Fsp3) is 0.350. The Balaban J connectivity index is 1.79. The van der Waals surface area contributed by atoms with Gasteiger partial charge < -0.3 is 10.1 Å². The third-order valence-electron chi connectivity index (χ3n) is 4.81. The van der Waals surface area contributed by atoms with E-state index in [9.17, 15) is 21.6 Å². The molecule has 1 amide bonds. The summed E-state index contributed by atoms with van der Waals surface area (Å²) < 4.78 is 58.9. The lowest BCUT2D eigenvalue weighted by molar-refractivity contribution is -0.0440. The van der Waals surface area contributed by atoms with Gasteiger partial charge in [-0.25, -0.2) is 21.6 Å². The molecule has 2 N–H and O–H groups in total. The maximum atomic E-state index is 13.0. The van der Waals surface area contributed by atoms with Crippen molar-refractivity contribution in [2.45, 2.75) is 35.8 Å². The van der Waals surface area contributed by atoms with Crippen molar-refractivity contribution >= 4 is 31.6 Å². The Hall–Kier alpha value is -2.31. The highest BCUT2D eigenvalue weighted by atomic mass is 32.2. The van der Waals surface area contributed by atoms with E-state index in [-0.39, 0.29) is 40.7 Å². The van der Waals surface area contributed by atoms with Crippen LogP contribution in [0, 0.1) is 0 Å². The van der Waals surface area contributed by atoms with Crippen molar-refractivity contribution in [2.75, 3.05) is 25.5 Å². The van der Waals surface area contributed by atoms with E-state index < -0.39 is 26.0 Å². The van der Waals surface area contributed by atoms with Gasteiger partial charge in [0.1, 0.15) is 0 Å². The molecule has 168 valence electrons. The number of anilines is 1. The third kappa shape index (κ3) is 5.31. The van der Waals surface area contributed by atoms with Crippen molar-refractivity contribution in [1.82, 2.24) is 9.03 Å². The van der Waals surface area contributed by atoms with Crippen LogP contribution in [0.4, 0.5) is 5.69 Å². The second-order valence-corrected chi connectivity index (χ2v) is 11.1. The van der Waals surface area contributed by atoms with Crippen LogP contribution in [0.15, 0.2) is 58.3 Å². The predicted octanol–water partition coefficient (Wildman–Crippen LogP) is 1.64. The fourth-order valence-corrected chi connectivity index (χ4v) is 5.68. The molecule has 11 heteroatoms. The second-order valence-electron chi connectivity index (χ2n) is 7.29. The smallest absolute Gasteiger partial charge is 0.255 e. The van der Waals surface area contributed by atoms with Crippen LogP contribution in [0.1, 0.15) is 24.2 Å². The van der Waals surface area contributed by atoms with Gasteiger partial charge in [0.15, 0.2) is 0 Å². The molecule has 3 rings (SSSR count). The molecule has 31 heavy (non-hydrogen) atoms. The molecule has 2 aromatic rings. The predicted molar refractivity (Wildman–Crippen MR) is 116 cm³/mol. The first-order valence-corrected chi connectivity index (χ1v) is 12.6. The topological polar surface area (TPSA) is 122 Å². The number of hydrogen-bond acceptors (Lipinski definition) is 6. The van der Waals surface area contributed by atoms with Crippen LogP contribution >= 0.6 is 0 Å². The number of carbonyl (C=O) groups is 1.